The van der Waals surface area contributed by atoms with Crippen LogP contribution in [0.25, 0.3) is 44.2 Å². The molecule has 3 aliphatic carbocycles. The predicted molar refractivity (Wildman–Crippen MR) is 291 cm³/mol. The highest BCUT2D eigenvalue weighted by Gasteiger charge is 2.56. The van der Waals surface area contributed by atoms with Gasteiger partial charge in [-0.3, -0.25) is 0 Å². The first-order valence-corrected chi connectivity index (χ1v) is 24.7. The summed E-state index contributed by atoms with van der Waals surface area (Å²) < 4.78 is 0. The maximum atomic E-state index is 2.53. The quantitative estimate of drug-likeness (QED) is 0.161. The molecule has 330 valence electrons. The summed E-state index contributed by atoms with van der Waals surface area (Å²) in [5.74, 6) is 0. The average Bonchev–Trinajstić information content (AvgIpc) is 3.84. The lowest BCUT2D eigenvalue weighted by molar-refractivity contribution is 0.623. The molecule has 3 aliphatic rings. The highest BCUT2D eigenvalue weighted by molar-refractivity contribution is 5.93. The molecule has 0 saturated carbocycles. The van der Waals surface area contributed by atoms with Crippen LogP contribution >= 0.6 is 0 Å². The molecule has 11 aromatic carbocycles. The number of nitrogens with zero attached hydrogens (tertiary/aromatic N) is 1. The molecule has 0 aromatic heterocycles. The van der Waals surface area contributed by atoms with Crippen LogP contribution in [0.5, 0.6) is 0 Å². The molecule has 0 amide bonds. The van der Waals surface area contributed by atoms with E-state index in [9.17, 15) is 0 Å². The van der Waals surface area contributed by atoms with E-state index in [1.807, 2.05) is 0 Å². The van der Waals surface area contributed by atoms with Crippen LogP contribution in [0.1, 0.15) is 69.5 Å². The summed E-state index contributed by atoms with van der Waals surface area (Å²) in [6, 6.07) is 98.3. The highest BCUT2D eigenvalue weighted by Crippen LogP contribution is 2.65. The van der Waals surface area contributed by atoms with Crippen molar-refractivity contribution in [1.82, 2.24) is 0 Å². The molecule has 0 unspecified atom stereocenters. The van der Waals surface area contributed by atoms with Crippen molar-refractivity contribution >= 4 is 27.8 Å². The van der Waals surface area contributed by atoms with Crippen LogP contribution < -0.4 is 4.90 Å². The number of hydrogen-bond acceptors (Lipinski definition) is 1. The molecule has 11 aromatic rings. The van der Waals surface area contributed by atoms with Gasteiger partial charge in [0.15, 0.2) is 0 Å². The topological polar surface area (TPSA) is 3.24 Å². The largest absolute Gasteiger partial charge is 0.310 e. The minimum atomic E-state index is -0.616. The summed E-state index contributed by atoms with van der Waals surface area (Å²) in [4.78, 5) is 2.50. The summed E-state index contributed by atoms with van der Waals surface area (Å²) in [6.07, 6.45) is 0. The summed E-state index contributed by atoms with van der Waals surface area (Å²) in [5.41, 5.74) is 22.7. The third kappa shape index (κ3) is 5.55. The van der Waals surface area contributed by atoms with Crippen LogP contribution in [0.3, 0.4) is 0 Å². The lowest BCUT2D eigenvalue weighted by atomic mass is 9.51. The van der Waals surface area contributed by atoms with Crippen molar-refractivity contribution in [2.45, 2.75) is 30.1 Å². The van der Waals surface area contributed by atoms with E-state index in [1.165, 1.54) is 99.8 Å². The van der Waals surface area contributed by atoms with Crippen molar-refractivity contribution in [3.8, 4) is 33.4 Å². The Morgan fingerprint density at radius 3 is 1.27 bits per heavy atom. The standard InChI is InChI=1S/C69H49N/c1-67(2)59-27-13-11-25-55(59)57-41-39-53(44-65(57)67)70(52-37-35-47(36-38-52)49-34-33-46-19-9-10-20-48(46)43-49)54-40-42-58-56-26-12-14-28-60(56)69(66(58)45-54)63-31-17-15-29-61(63)68(50-21-5-3-6-22-50,51-23-7-4-8-24-51)62-30-16-18-32-64(62)69/h3-45H,1-2H3. The Morgan fingerprint density at radius 2 is 0.671 bits per heavy atom. The van der Waals surface area contributed by atoms with Gasteiger partial charge in [-0.05, 0) is 142 Å². The molecule has 0 heterocycles. The lowest BCUT2D eigenvalue weighted by Crippen LogP contribution is -2.44. The fourth-order valence-corrected chi connectivity index (χ4v) is 13.2. The van der Waals surface area contributed by atoms with Gasteiger partial charge in [-0.1, -0.05) is 232 Å². The van der Waals surface area contributed by atoms with Gasteiger partial charge in [0.2, 0.25) is 0 Å². The van der Waals surface area contributed by atoms with Gasteiger partial charge in [-0.2, -0.15) is 0 Å². The summed E-state index contributed by atoms with van der Waals surface area (Å²) in [5, 5.41) is 2.50. The van der Waals surface area contributed by atoms with Gasteiger partial charge < -0.3 is 4.90 Å². The average molecular weight is 892 g/mol. The molecule has 0 N–H and O–H groups in total. The molecule has 1 spiro atoms. The van der Waals surface area contributed by atoms with Gasteiger partial charge in [-0.25, -0.2) is 0 Å². The summed E-state index contributed by atoms with van der Waals surface area (Å²) in [7, 11) is 0. The van der Waals surface area contributed by atoms with Crippen LogP contribution in [-0.2, 0) is 16.2 Å². The Bertz CT molecular complexity index is 3770. The molecular formula is C69H49N. The van der Waals surface area contributed by atoms with Gasteiger partial charge in [0.25, 0.3) is 0 Å². The van der Waals surface area contributed by atoms with Crippen LogP contribution in [0.4, 0.5) is 17.1 Å². The molecule has 14 rings (SSSR count). The van der Waals surface area contributed by atoms with Crippen LogP contribution in [0.15, 0.2) is 261 Å². The Kier molecular flexibility index (Phi) is 8.83. The zero-order chi connectivity index (χ0) is 46.6. The van der Waals surface area contributed by atoms with Crippen molar-refractivity contribution in [3.63, 3.8) is 0 Å². The van der Waals surface area contributed by atoms with E-state index in [1.54, 1.807) is 0 Å². The number of anilines is 3. The van der Waals surface area contributed by atoms with E-state index >= 15 is 0 Å². The van der Waals surface area contributed by atoms with Crippen molar-refractivity contribution in [2.24, 2.45) is 0 Å². The second-order valence-electron chi connectivity index (χ2n) is 19.9. The molecule has 0 saturated heterocycles. The Morgan fingerprint density at radius 1 is 0.257 bits per heavy atom. The number of benzene rings is 11. The van der Waals surface area contributed by atoms with E-state index in [2.05, 4.69) is 280 Å². The van der Waals surface area contributed by atoms with Gasteiger partial charge in [-0.15, -0.1) is 0 Å². The molecule has 0 bridgehead atoms. The number of hydrogen-bond donors (Lipinski definition) is 0. The SMILES string of the molecule is CC1(C)c2ccccc2-c2ccc(N(c3ccc(-c4ccc5ccccc5c4)cc3)c3ccc4c(c3)C3(c5ccccc5-4)c4ccccc4C(c4ccccc4)(c4ccccc4)c4ccccc43)cc21. The van der Waals surface area contributed by atoms with Crippen molar-refractivity contribution in [1.29, 1.82) is 0 Å². The molecule has 1 nitrogen and oxygen atoms in total. The smallest absolute Gasteiger partial charge is 0.0720 e. The van der Waals surface area contributed by atoms with Gasteiger partial charge >= 0.3 is 0 Å². The first-order valence-electron chi connectivity index (χ1n) is 24.7. The van der Waals surface area contributed by atoms with Gasteiger partial charge in [0.1, 0.15) is 0 Å². The van der Waals surface area contributed by atoms with E-state index in [0.717, 1.165) is 17.1 Å². The van der Waals surface area contributed by atoms with Crippen LogP contribution in [0.2, 0.25) is 0 Å². The summed E-state index contributed by atoms with van der Waals surface area (Å²) >= 11 is 0. The monoisotopic (exact) mass is 891 g/mol. The van der Waals surface area contributed by atoms with E-state index in [4.69, 9.17) is 0 Å². The minimum Gasteiger partial charge on any atom is -0.310 e. The van der Waals surface area contributed by atoms with Crippen molar-refractivity contribution in [3.05, 3.63) is 316 Å². The zero-order valence-corrected chi connectivity index (χ0v) is 39.3. The fourth-order valence-electron chi connectivity index (χ4n) is 13.2. The highest BCUT2D eigenvalue weighted by atomic mass is 15.1. The third-order valence-corrected chi connectivity index (χ3v) is 16.2. The molecule has 0 atom stereocenters. The fraction of sp³-hybridized carbons (Fsp3) is 0.0725. The first-order chi connectivity index (χ1) is 34.5. The molecule has 0 aliphatic heterocycles. The van der Waals surface area contributed by atoms with E-state index < -0.39 is 10.8 Å². The predicted octanol–water partition coefficient (Wildman–Crippen LogP) is 17.3. The maximum Gasteiger partial charge on any atom is 0.0720 e. The van der Waals surface area contributed by atoms with E-state index in [-0.39, 0.29) is 5.41 Å². The van der Waals surface area contributed by atoms with Gasteiger partial charge in [0.05, 0.1) is 10.8 Å². The Hall–Kier alpha value is -8.52. The third-order valence-electron chi connectivity index (χ3n) is 16.2. The lowest BCUT2D eigenvalue weighted by Gasteiger charge is -2.50. The number of fused-ring (bicyclic) bond motifs is 13. The summed E-state index contributed by atoms with van der Waals surface area (Å²) in [6.45, 7) is 4.76. The zero-order valence-electron chi connectivity index (χ0n) is 39.3. The number of rotatable bonds is 6. The molecule has 1 heteroatoms. The first kappa shape index (κ1) is 40.5. The molecule has 0 radical (unpaired) electrons. The van der Waals surface area contributed by atoms with Crippen LogP contribution in [-0.4, -0.2) is 0 Å². The van der Waals surface area contributed by atoms with Crippen molar-refractivity contribution in [2.75, 3.05) is 4.90 Å². The molecule has 0 fully saturated rings. The van der Waals surface area contributed by atoms with Crippen molar-refractivity contribution < 1.29 is 0 Å². The normalized spacial score (nSPS) is 14.8. The van der Waals surface area contributed by atoms with Gasteiger partial charge in [0, 0.05) is 22.5 Å². The minimum absolute atomic E-state index is 0.156. The second-order valence-corrected chi connectivity index (χ2v) is 19.9. The van der Waals surface area contributed by atoms with E-state index in [0.29, 0.717) is 0 Å². The molecule has 70 heavy (non-hydrogen) atoms. The van der Waals surface area contributed by atoms with Crippen LogP contribution in [0, 0.1) is 0 Å². The maximum absolute atomic E-state index is 2.53. The Labute approximate surface area is 410 Å². The molecular weight excluding hydrogens is 843 g/mol. The second kappa shape index (κ2) is 15.2. The Balaban J connectivity index is 1.02.